The first-order valence-corrected chi connectivity index (χ1v) is 10.5. The zero-order valence-corrected chi connectivity index (χ0v) is 17.3. The highest BCUT2D eigenvalue weighted by atomic mass is 16.1. The first-order chi connectivity index (χ1) is 14.5. The lowest BCUT2D eigenvalue weighted by Crippen LogP contribution is -2.42. The Morgan fingerprint density at radius 3 is 2.77 bits per heavy atom. The number of piperidine rings is 1. The molecule has 0 unspecified atom stereocenters. The number of aliphatic imine (C=N–C) groups is 1. The average molecular weight is 406 g/mol. The number of carbonyl (C=O) groups is 1. The summed E-state index contributed by atoms with van der Waals surface area (Å²) in [7, 11) is 0. The highest BCUT2D eigenvalue weighted by Crippen LogP contribution is 2.35. The van der Waals surface area contributed by atoms with Crippen molar-refractivity contribution < 1.29 is 4.79 Å². The van der Waals surface area contributed by atoms with E-state index in [1.54, 1.807) is 6.07 Å². The molecule has 0 radical (unpaired) electrons. The maximum absolute atomic E-state index is 11.8. The summed E-state index contributed by atoms with van der Waals surface area (Å²) >= 11 is 0. The van der Waals surface area contributed by atoms with Crippen LogP contribution in [0.1, 0.15) is 47.1 Å². The summed E-state index contributed by atoms with van der Waals surface area (Å²) in [6.45, 7) is 6.17. The molecule has 8 heteroatoms. The molecule has 0 bridgehead atoms. The Morgan fingerprint density at radius 1 is 1.23 bits per heavy atom. The van der Waals surface area contributed by atoms with E-state index in [0.29, 0.717) is 12.1 Å². The molecule has 0 aliphatic carbocycles. The van der Waals surface area contributed by atoms with Gasteiger partial charge in [0.25, 0.3) is 0 Å². The van der Waals surface area contributed by atoms with E-state index >= 15 is 0 Å². The summed E-state index contributed by atoms with van der Waals surface area (Å²) in [5, 5.41) is 0. The van der Waals surface area contributed by atoms with E-state index < -0.39 is 0 Å². The second-order valence-corrected chi connectivity index (χ2v) is 8.73. The molecule has 1 amide bonds. The van der Waals surface area contributed by atoms with Gasteiger partial charge in [-0.3, -0.25) is 9.79 Å². The maximum atomic E-state index is 11.8. The smallest absolute Gasteiger partial charge is 0.249 e. The fourth-order valence-electron chi connectivity index (χ4n) is 4.67. The van der Waals surface area contributed by atoms with Crippen LogP contribution < -0.4 is 21.3 Å². The van der Waals surface area contributed by atoms with Crippen LogP contribution in [-0.2, 0) is 13.0 Å². The van der Waals surface area contributed by atoms with Crippen molar-refractivity contribution in [3.05, 3.63) is 46.9 Å². The van der Waals surface area contributed by atoms with Gasteiger partial charge < -0.3 is 21.3 Å². The van der Waals surface area contributed by atoms with E-state index in [-0.39, 0.29) is 11.3 Å². The molecular formula is C22H27N7O. The Kier molecular flexibility index (Phi) is 4.47. The van der Waals surface area contributed by atoms with Crippen LogP contribution in [0.5, 0.6) is 0 Å². The topological polar surface area (TPSA) is 114 Å². The van der Waals surface area contributed by atoms with Crippen molar-refractivity contribution in [1.82, 2.24) is 9.97 Å². The van der Waals surface area contributed by atoms with Crippen molar-refractivity contribution >= 4 is 23.2 Å². The lowest BCUT2D eigenvalue weighted by molar-refractivity contribution is 0.0999. The SMILES string of the molecule is CC1(CN)CCN(c2cnc3c(n2)CN=C3N2CCc3c(C(N)=O)cccc32)CC1. The second-order valence-electron chi connectivity index (χ2n) is 8.73. The molecule has 0 atom stereocenters. The summed E-state index contributed by atoms with van der Waals surface area (Å²) in [5.41, 5.74) is 16.0. The molecular weight excluding hydrogens is 378 g/mol. The Hall–Kier alpha value is -3.00. The molecule has 5 rings (SSSR count). The molecule has 3 aliphatic rings. The van der Waals surface area contributed by atoms with E-state index in [1.165, 1.54) is 0 Å². The lowest BCUT2D eigenvalue weighted by atomic mass is 9.80. The van der Waals surface area contributed by atoms with Crippen molar-refractivity contribution in [2.24, 2.45) is 21.9 Å². The van der Waals surface area contributed by atoms with E-state index in [4.69, 9.17) is 26.4 Å². The predicted molar refractivity (Wildman–Crippen MR) is 117 cm³/mol. The third-order valence-electron chi connectivity index (χ3n) is 6.76. The molecule has 8 nitrogen and oxygen atoms in total. The number of nitrogens with zero attached hydrogens (tertiary/aromatic N) is 5. The number of primary amides is 1. The molecule has 156 valence electrons. The van der Waals surface area contributed by atoms with Gasteiger partial charge in [0.15, 0.2) is 5.84 Å². The first-order valence-electron chi connectivity index (χ1n) is 10.5. The van der Waals surface area contributed by atoms with E-state index in [1.807, 2.05) is 18.3 Å². The zero-order valence-electron chi connectivity index (χ0n) is 17.3. The number of anilines is 2. The molecule has 3 aliphatic heterocycles. The van der Waals surface area contributed by atoms with Gasteiger partial charge in [0, 0.05) is 30.9 Å². The predicted octanol–water partition coefficient (Wildman–Crippen LogP) is 1.46. The second kappa shape index (κ2) is 7.05. The van der Waals surface area contributed by atoms with Gasteiger partial charge in [-0.05, 0) is 48.9 Å². The summed E-state index contributed by atoms with van der Waals surface area (Å²) in [4.78, 5) is 30.6. The van der Waals surface area contributed by atoms with Crippen molar-refractivity contribution in [2.45, 2.75) is 32.7 Å². The lowest BCUT2D eigenvalue weighted by Gasteiger charge is -2.39. The number of carbonyl (C=O) groups excluding carboxylic acids is 1. The van der Waals surface area contributed by atoms with E-state index in [9.17, 15) is 4.79 Å². The third-order valence-corrected chi connectivity index (χ3v) is 6.76. The highest BCUT2D eigenvalue weighted by Gasteiger charge is 2.33. The van der Waals surface area contributed by atoms with Crippen LogP contribution in [-0.4, -0.2) is 47.9 Å². The number of nitrogens with two attached hydrogens (primary N) is 2. The number of benzene rings is 1. The fraction of sp³-hybridized carbons (Fsp3) is 0.455. The van der Waals surface area contributed by atoms with Crippen molar-refractivity contribution in [2.75, 3.05) is 36.0 Å². The minimum atomic E-state index is -0.390. The van der Waals surface area contributed by atoms with Crippen LogP contribution in [0.3, 0.4) is 0 Å². The zero-order chi connectivity index (χ0) is 20.9. The summed E-state index contributed by atoms with van der Waals surface area (Å²) in [6.07, 6.45) is 4.76. The number of fused-ring (bicyclic) bond motifs is 2. The van der Waals surface area contributed by atoms with Gasteiger partial charge in [-0.25, -0.2) is 9.97 Å². The Morgan fingerprint density at radius 2 is 2.03 bits per heavy atom. The molecule has 1 saturated heterocycles. The summed E-state index contributed by atoms with van der Waals surface area (Å²) in [5.74, 6) is 1.36. The number of amides is 1. The van der Waals surface area contributed by atoms with Gasteiger partial charge in [-0.2, -0.15) is 0 Å². The fourth-order valence-corrected chi connectivity index (χ4v) is 4.67. The molecule has 0 saturated carbocycles. The quantitative estimate of drug-likeness (QED) is 0.799. The minimum absolute atomic E-state index is 0.226. The third kappa shape index (κ3) is 3.02. The Balaban J connectivity index is 1.38. The van der Waals surface area contributed by atoms with Crippen LogP contribution in [0.25, 0.3) is 0 Å². The average Bonchev–Trinajstić information content (AvgIpc) is 3.37. The summed E-state index contributed by atoms with van der Waals surface area (Å²) < 4.78 is 0. The molecule has 1 aromatic carbocycles. The van der Waals surface area contributed by atoms with Gasteiger partial charge in [-0.1, -0.05) is 13.0 Å². The normalized spacial score (nSPS) is 19.5. The van der Waals surface area contributed by atoms with Crippen LogP contribution in [0.2, 0.25) is 0 Å². The Labute approximate surface area is 176 Å². The van der Waals surface area contributed by atoms with Crippen molar-refractivity contribution in [1.29, 1.82) is 0 Å². The van der Waals surface area contributed by atoms with E-state index in [0.717, 1.165) is 79.7 Å². The van der Waals surface area contributed by atoms with Gasteiger partial charge >= 0.3 is 0 Å². The van der Waals surface area contributed by atoms with E-state index in [2.05, 4.69) is 16.7 Å². The van der Waals surface area contributed by atoms with Crippen LogP contribution in [0.4, 0.5) is 11.5 Å². The number of hydrogen-bond donors (Lipinski definition) is 2. The van der Waals surface area contributed by atoms with Gasteiger partial charge in [-0.15, -0.1) is 0 Å². The number of hydrogen-bond acceptors (Lipinski definition) is 7. The summed E-state index contributed by atoms with van der Waals surface area (Å²) in [6, 6.07) is 5.67. The van der Waals surface area contributed by atoms with Gasteiger partial charge in [0.2, 0.25) is 5.91 Å². The Bertz CT molecular complexity index is 1040. The van der Waals surface area contributed by atoms with Crippen LogP contribution >= 0.6 is 0 Å². The standard InChI is InChI=1S/C22H27N7O/c1-22(13-23)6-9-28(10-7-22)18-12-25-19-16(27-18)11-26-21(19)29-8-5-14-15(20(24)30)3-2-4-17(14)29/h2-4,12H,5-11,13,23H2,1H3,(H2,24,30). The number of aromatic nitrogens is 2. The van der Waals surface area contributed by atoms with Crippen LogP contribution in [0, 0.1) is 5.41 Å². The van der Waals surface area contributed by atoms with Crippen LogP contribution in [0.15, 0.2) is 29.4 Å². The molecule has 4 heterocycles. The first kappa shape index (κ1) is 19.0. The van der Waals surface area contributed by atoms with Crippen molar-refractivity contribution in [3.63, 3.8) is 0 Å². The molecule has 1 fully saturated rings. The largest absolute Gasteiger partial charge is 0.366 e. The minimum Gasteiger partial charge on any atom is -0.366 e. The highest BCUT2D eigenvalue weighted by molar-refractivity contribution is 6.12. The molecule has 0 spiro atoms. The monoisotopic (exact) mass is 405 g/mol. The van der Waals surface area contributed by atoms with Gasteiger partial charge in [0.1, 0.15) is 11.5 Å². The van der Waals surface area contributed by atoms with Gasteiger partial charge in [0.05, 0.1) is 18.4 Å². The number of rotatable bonds is 3. The molecule has 2 aromatic rings. The number of amidine groups is 1. The van der Waals surface area contributed by atoms with Crippen molar-refractivity contribution in [3.8, 4) is 0 Å². The molecule has 30 heavy (non-hydrogen) atoms. The molecule has 4 N–H and O–H groups in total. The molecule has 1 aromatic heterocycles. The maximum Gasteiger partial charge on any atom is 0.249 e.